The van der Waals surface area contributed by atoms with Gasteiger partial charge in [-0.05, 0) is 43.4 Å². The van der Waals surface area contributed by atoms with Crippen LogP contribution in [0.3, 0.4) is 0 Å². The van der Waals surface area contributed by atoms with Crippen molar-refractivity contribution < 1.29 is 4.74 Å². The second kappa shape index (κ2) is 6.47. The van der Waals surface area contributed by atoms with E-state index in [0.29, 0.717) is 12.0 Å². The van der Waals surface area contributed by atoms with Gasteiger partial charge in [0.25, 0.3) is 0 Å². The van der Waals surface area contributed by atoms with Gasteiger partial charge in [0.2, 0.25) is 0 Å². The molecule has 0 spiro atoms. The van der Waals surface area contributed by atoms with Gasteiger partial charge in [-0.1, -0.05) is 19.8 Å². The second-order valence-electron chi connectivity index (χ2n) is 5.49. The molecule has 2 rings (SSSR count). The van der Waals surface area contributed by atoms with E-state index in [1.54, 1.807) is 7.11 Å². The lowest BCUT2D eigenvalue weighted by molar-refractivity contribution is 0.333. The van der Waals surface area contributed by atoms with Crippen LogP contribution >= 0.6 is 12.6 Å². The van der Waals surface area contributed by atoms with E-state index in [0.717, 1.165) is 21.8 Å². The molecular formula is C16H23NOS. The van der Waals surface area contributed by atoms with Crippen LogP contribution in [-0.2, 0) is 0 Å². The number of thiol groups is 1. The van der Waals surface area contributed by atoms with Gasteiger partial charge in [0.05, 0.1) is 13.2 Å². The molecule has 2 unspecified atom stereocenters. The number of hydrogen-bond acceptors (Lipinski definition) is 3. The van der Waals surface area contributed by atoms with Gasteiger partial charge in [-0.15, -0.1) is 12.6 Å². The van der Waals surface area contributed by atoms with Gasteiger partial charge in [0, 0.05) is 16.7 Å². The minimum absolute atomic E-state index is 0.466. The third-order valence-corrected chi connectivity index (χ3v) is 4.62. The predicted octanol–water partition coefficient (Wildman–Crippen LogP) is 4.29. The average Bonchev–Trinajstić information content (AvgIpc) is 2.42. The van der Waals surface area contributed by atoms with Crippen LogP contribution in [0.15, 0.2) is 22.0 Å². The molecule has 1 aliphatic rings. The van der Waals surface area contributed by atoms with Crippen LogP contribution in [0.4, 0.5) is 0 Å². The molecule has 1 fully saturated rings. The summed E-state index contributed by atoms with van der Waals surface area (Å²) in [6.07, 6.45) is 7.14. The van der Waals surface area contributed by atoms with E-state index in [1.807, 2.05) is 25.3 Å². The van der Waals surface area contributed by atoms with Crippen LogP contribution in [0.25, 0.3) is 0 Å². The summed E-state index contributed by atoms with van der Waals surface area (Å²) in [5.41, 5.74) is 2.18. The van der Waals surface area contributed by atoms with Gasteiger partial charge < -0.3 is 4.74 Å². The van der Waals surface area contributed by atoms with Gasteiger partial charge in [-0.3, -0.25) is 4.99 Å². The Hall–Kier alpha value is -0.960. The first-order chi connectivity index (χ1) is 9.11. The van der Waals surface area contributed by atoms with Crippen molar-refractivity contribution >= 4 is 18.8 Å². The van der Waals surface area contributed by atoms with Crippen LogP contribution in [-0.4, -0.2) is 19.4 Å². The molecule has 104 valence electrons. The molecule has 3 heteroatoms. The minimum atomic E-state index is 0.466. The van der Waals surface area contributed by atoms with E-state index in [2.05, 4.69) is 19.6 Å². The van der Waals surface area contributed by atoms with Crippen molar-refractivity contribution in [3.63, 3.8) is 0 Å². The average molecular weight is 277 g/mol. The Kier molecular flexibility index (Phi) is 4.92. The van der Waals surface area contributed by atoms with Crippen LogP contribution in [0.5, 0.6) is 5.75 Å². The third kappa shape index (κ3) is 3.53. The fourth-order valence-corrected chi connectivity index (χ4v) is 2.87. The van der Waals surface area contributed by atoms with E-state index < -0.39 is 0 Å². The van der Waals surface area contributed by atoms with Crippen molar-refractivity contribution in [1.82, 2.24) is 0 Å². The SMILES string of the molecule is COc1cc(C)c(S)c(C=NC2CCCCC2C)c1. The second-order valence-corrected chi connectivity index (χ2v) is 5.94. The highest BCUT2D eigenvalue weighted by Gasteiger charge is 2.19. The molecule has 2 nitrogen and oxygen atoms in total. The molecule has 0 aliphatic heterocycles. The van der Waals surface area contributed by atoms with Crippen molar-refractivity contribution in [3.8, 4) is 5.75 Å². The summed E-state index contributed by atoms with van der Waals surface area (Å²) in [6, 6.07) is 4.47. The molecule has 1 aromatic rings. The van der Waals surface area contributed by atoms with E-state index in [9.17, 15) is 0 Å². The van der Waals surface area contributed by atoms with Crippen molar-refractivity contribution in [3.05, 3.63) is 23.3 Å². The lowest BCUT2D eigenvalue weighted by Gasteiger charge is -2.25. The predicted molar refractivity (Wildman–Crippen MR) is 84.0 cm³/mol. The summed E-state index contributed by atoms with van der Waals surface area (Å²) < 4.78 is 5.31. The first-order valence-electron chi connectivity index (χ1n) is 7.02. The van der Waals surface area contributed by atoms with Gasteiger partial charge in [0.1, 0.15) is 5.75 Å². The molecule has 0 bridgehead atoms. The van der Waals surface area contributed by atoms with Crippen LogP contribution in [0.1, 0.15) is 43.7 Å². The molecule has 0 saturated heterocycles. The topological polar surface area (TPSA) is 21.6 Å². The molecule has 1 aromatic carbocycles. The van der Waals surface area contributed by atoms with Gasteiger partial charge >= 0.3 is 0 Å². The Morgan fingerprint density at radius 1 is 1.32 bits per heavy atom. The third-order valence-electron chi connectivity index (χ3n) is 4.01. The maximum atomic E-state index is 5.31. The summed E-state index contributed by atoms with van der Waals surface area (Å²) in [7, 11) is 1.69. The highest BCUT2D eigenvalue weighted by molar-refractivity contribution is 7.80. The Balaban J connectivity index is 2.19. The maximum Gasteiger partial charge on any atom is 0.119 e. The van der Waals surface area contributed by atoms with Crippen LogP contribution in [0, 0.1) is 12.8 Å². The molecule has 0 radical (unpaired) electrons. The maximum absolute atomic E-state index is 5.31. The quantitative estimate of drug-likeness (QED) is 0.646. The van der Waals surface area contributed by atoms with Crippen molar-refractivity contribution in [2.75, 3.05) is 7.11 Å². The molecule has 19 heavy (non-hydrogen) atoms. The molecule has 0 aromatic heterocycles. The molecule has 0 heterocycles. The number of aliphatic imine (C=N–C) groups is 1. The van der Waals surface area contributed by atoms with Gasteiger partial charge in [-0.25, -0.2) is 0 Å². The summed E-state index contributed by atoms with van der Waals surface area (Å²) in [6.45, 7) is 4.35. The smallest absolute Gasteiger partial charge is 0.119 e. The number of methoxy groups -OCH3 is 1. The number of aryl methyl sites for hydroxylation is 1. The minimum Gasteiger partial charge on any atom is -0.497 e. The molecular weight excluding hydrogens is 254 g/mol. The van der Waals surface area contributed by atoms with Gasteiger partial charge in [-0.2, -0.15) is 0 Å². The highest BCUT2D eigenvalue weighted by atomic mass is 32.1. The van der Waals surface area contributed by atoms with E-state index in [-0.39, 0.29) is 0 Å². The number of ether oxygens (including phenoxy) is 1. The van der Waals surface area contributed by atoms with Crippen LogP contribution in [0.2, 0.25) is 0 Å². The lowest BCUT2D eigenvalue weighted by atomic mass is 9.86. The molecule has 0 amide bonds. The monoisotopic (exact) mass is 277 g/mol. The fourth-order valence-electron chi connectivity index (χ4n) is 2.68. The zero-order valence-electron chi connectivity index (χ0n) is 12.0. The molecule has 2 atom stereocenters. The van der Waals surface area contributed by atoms with Crippen LogP contribution < -0.4 is 4.74 Å². The fraction of sp³-hybridized carbons (Fsp3) is 0.562. The normalized spacial score (nSPS) is 23.8. The molecule has 0 N–H and O–H groups in total. The Morgan fingerprint density at radius 3 is 2.74 bits per heavy atom. The Morgan fingerprint density at radius 2 is 2.05 bits per heavy atom. The number of rotatable bonds is 3. The number of benzene rings is 1. The highest BCUT2D eigenvalue weighted by Crippen LogP contribution is 2.27. The summed E-state index contributed by atoms with van der Waals surface area (Å²) in [5.74, 6) is 1.56. The Labute approximate surface area is 121 Å². The first kappa shape index (κ1) is 14.4. The summed E-state index contributed by atoms with van der Waals surface area (Å²) in [4.78, 5) is 5.78. The lowest BCUT2D eigenvalue weighted by Crippen LogP contribution is -2.20. The largest absolute Gasteiger partial charge is 0.497 e. The molecule has 1 aliphatic carbocycles. The number of hydrogen-bond donors (Lipinski definition) is 1. The first-order valence-corrected chi connectivity index (χ1v) is 7.47. The summed E-state index contributed by atoms with van der Waals surface area (Å²) >= 11 is 4.57. The zero-order chi connectivity index (χ0) is 13.8. The van der Waals surface area contributed by atoms with Crippen molar-refractivity contribution in [2.24, 2.45) is 10.9 Å². The van der Waals surface area contributed by atoms with E-state index >= 15 is 0 Å². The van der Waals surface area contributed by atoms with E-state index in [4.69, 9.17) is 9.73 Å². The standard InChI is InChI=1S/C16H23NOS/c1-11-6-4-5-7-15(11)17-10-13-9-14(18-3)8-12(2)16(13)19/h8-11,15,19H,4-7H2,1-3H3. The number of nitrogens with zero attached hydrogens (tertiary/aromatic N) is 1. The van der Waals surface area contributed by atoms with Crippen molar-refractivity contribution in [2.45, 2.75) is 50.5 Å². The van der Waals surface area contributed by atoms with E-state index in [1.165, 1.54) is 25.7 Å². The summed E-state index contributed by atoms with van der Waals surface area (Å²) in [5, 5.41) is 0. The molecule has 1 saturated carbocycles. The van der Waals surface area contributed by atoms with Gasteiger partial charge in [0.15, 0.2) is 0 Å². The Bertz CT molecular complexity index is 470. The van der Waals surface area contributed by atoms with Crippen molar-refractivity contribution in [1.29, 1.82) is 0 Å². The zero-order valence-corrected chi connectivity index (χ0v) is 12.9.